The number of allylic oxidation sites excluding steroid dienone is 2. The first kappa shape index (κ1) is 28.3. The molecule has 0 amide bonds. The SMILES string of the molecule is N#CC(C#N)=C(C#N)c1ccc(N(c2ccccc2)c2ccc(-c3c4ccccc4c(-c4cccs4)c4ccccc34)cc2)cc1. The minimum absolute atomic E-state index is 0.0664. The number of nitrogens with zero attached hydrogens (tertiary/aromatic N) is 4. The van der Waals surface area contributed by atoms with E-state index in [-0.39, 0.29) is 11.1 Å². The molecule has 1 aromatic heterocycles. The van der Waals surface area contributed by atoms with Crippen LogP contribution in [-0.2, 0) is 0 Å². The fraction of sp³-hybridized carbons (Fsp3) is 0. The van der Waals surface area contributed by atoms with E-state index in [1.54, 1.807) is 23.5 Å². The molecule has 0 saturated heterocycles. The molecule has 0 unspecified atom stereocenters. The van der Waals surface area contributed by atoms with Gasteiger partial charge in [-0.1, -0.05) is 97.1 Å². The van der Waals surface area contributed by atoms with Gasteiger partial charge in [-0.25, -0.2) is 0 Å². The van der Waals surface area contributed by atoms with Crippen LogP contribution in [0.5, 0.6) is 0 Å². The number of hydrogen-bond acceptors (Lipinski definition) is 5. The Labute approximate surface area is 271 Å². The highest BCUT2D eigenvalue weighted by atomic mass is 32.1. The summed E-state index contributed by atoms with van der Waals surface area (Å²) in [6, 6.07) is 53.4. The molecule has 0 aliphatic carbocycles. The van der Waals surface area contributed by atoms with Crippen LogP contribution in [0, 0.1) is 34.0 Å². The summed E-state index contributed by atoms with van der Waals surface area (Å²) < 4.78 is 0. The van der Waals surface area contributed by atoms with Gasteiger partial charge in [-0.3, -0.25) is 0 Å². The van der Waals surface area contributed by atoms with Crippen LogP contribution >= 0.6 is 11.3 Å². The van der Waals surface area contributed by atoms with Crippen molar-refractivity contribution in [1.82, 2.24) is 0 Å². The summed E-state index contributed by atoms with van der Waals surface area (Å²) in [5, 5.41) is 35.3. The monoisotopic (exact) mass is 604 g/mol. The second-order valence-electron chi connectivity index (χ2n) is 10.7. The molecule has 4 nitrogen and oxygen atoms in total. The van der Waals surface area contributed by atoms with Crippen LogP contribution in [-0.4, -0.2) is 0 Å². The normalized spacial score (nSPS) is 10.5. The standard InChI is InChI=1S/C41H24N4S/c42-25-30(26-43)38(27-44)28-16-20-32(21-17-28)45(31-9-2-1-3-10-31)33-22-18-29(19-23-33)40-34-11-4-6-13-36(34)41(39-15-8-24-46-39)37-14-7-5-12-35(37)40/h1-24H. The first-order valence-corrected chi connectivity index (χ1v) is 15.6. The molecule has 7 rings (SSSR count). The highest BCUT2D eigenvalue weighted by Gasteiger charge is 2.18. The van der Waals surface area contributed by atoms with Crippen LogP contribution in [0.25, 0.3) is 48.7 Å². The van der Waals surface area contributed by atoms with Crippen molar-refractivity contribution in [2.45, 2.75) is 0 Å². The lowest BCUT2D eigenvalue weighted by atomic mass is 9.88. The van der Waals surface area contributed by atoms with Crippen molar-refractivity contribution in [3.8, 4) is 39.8 Å². The number of hydrogen-bond donors (Lipinski definition) is 0. The molecule has 0 bridgehead atoms. The van der Waals surface area contributed by atoms with Crippen molar-refractivity contribution in [2.75, 3.05) is 4.90 Å². The highest BCUT2D eigenvalue weighted by molar-refractivity contribution is 7.13. The Morgan fingerprint density at radius 1 is 0.478 bits per heavy atom. The number of anilines is 3. The van der Waals surface area contributed by atoms with Crippen LogP contribution in [0.1, 0.15) is 5.56 Å². The number of rotatable bonds is 6. The molecule has 0 fully saturated rings. The minimum atomic E-state index is -0.200. The molecule has 0 saturated carbocycles. The molecule has 5 heteroatoms. The van der Waals surface area contributed by atoms with Crippen LogP contribution in [0.2, 0.25) is 0 Å². The molecule has 6 aromatic carbocycles. The molecular formula is C41H24N4S. The first-order valence-electron chi connectivity index (χ1n) is 14.7. The van der Waals surface area contributed by atoms with Crippen LogP contribution in [0.15, 0.2) is 150 Å². The second kappa shape index (κ2) is 12.3. The van der Waals surface area contributed by atoms with Gasteiger partial charge in [0.1, 0.15) is 23.8 Å². The number of thiophene rings is 1. The smallest absolute Gasteiger partial charge is 0.148 e. The van der Waals surface area contributed by atoms with E-state index < -0.39 is 0 Å². The van der Waals surface area contributed by atoms with Crippen molar-refractivity contribution < 1.29 is 0 Å². The largest absolute Gasteiger partial charge is 0.311 e. The van der Waals surface area contributed by atoms with Crippen molar-refractivity contribution in [3.63, 3.8) is 0 Å². The van der Waals surface area contributed by atoms with E-state index in [2.05, 4.69) is 107 Å². The predicted octanol–water partition coefficient (Wildman–Crippen LogP) is 11.2. The van der Waals surface area contributed by atoms with Crippen LogP contribution in [0.4, 0.5) is 17.1 Å². The number of fused-ring (bicyclic) bond motifs is 2. The fourth-order valence-corrected chi connectivity index (χ4v) is 6.90. The van der Waals surface area contributed by atoms with Gasteiger partial charge >= 0.3 is 0 Å². The van der Waals surface area contributed by atoms with Gasteiger partial charge in [-0.2, -0.15) is 15.8 Å². The van der Waals surface area contributed by atoms with E-state index >= 15 is 0 Å². The van der Waals surface area contributed by atoms with Gasteiger partial charge in [0.25, 0.3) is 0 Å². The lowest BCUT2D eigenvalue weighted by molar-refractivity contribution is 1.28. The lowest BCUT2D eigenvalue weighted by Gasteiger charge is -2.26. The van der Waals surface area contributed by atoms with E-state index in [1.165, 1.54) is 37.5 Å². The lowest BCUT2D eigenvalue weighted by Crippen LogP contribution is -2.09. The van der Waals surface area contributed by atoms with Gasteiger partial charge in [0, 0.05) is 27.5 Å². The molecule has 0 radical (unpaired) electrons. The molecule has 0 atom stereocenters. The van der Waals surface area contributed by atoms with Crippen molar-refractivity contribution >= 4 is 55.5 Å². The zero-order valence-corrected chi connectivity index (χ0v) is 25.4. The second-order valence-corrected chi connectivity index (χ2v) is 11.6. The number of benzene rings is 6. The van der Waals surface area contributed by atoms with Crippen LogP contribution in [0.3, 0.4) is 0 Å². The summed E-state index contributed by atoms with van der Waals surface area (Å²) in [7, 11) is 0. The van der Waals surface area contributed by atoms with E-state index in [1.807, 2.05) is 48.5 Å². The van der Waals surface area contributed by atoms with Crippen molar-refractivity contribution in [1.29, 1.82) is 15.8 Å². The average Bonchev–Trinajstić information content (AvgIpc) is 3.65. The van der Waals surface area contributed by atoms with Gasteiger partial charge in [0.05, 0.1) is 5.57 Å². The van der Waals surface area contributed by atoms with E-state index in [0.29, 0.717) is 5.56 Å². The maximum absolute atomic E-state index is 9.64. The minimum Gasteiger partial charge on any atom is -0.311 e. The molecule has 1 heterocycles. The van der Waals surface area contributed by atoms with E-state index in [4.69, 9.17) is 0 Å². The molecule has 214 valence electrons. The molecule has 0 N–H and O–H groups in total. The highest BCUT2D eigenvalue weighted by Crippen LogP contribution is 2.45. The van der Waals surface area contributed by atoms with Gasteiger partial charge in [0.2, 0.25) is 0 Å². The third-order valence-corrected chi connectivity index (χ3v) is 9.01. The average molecular weight is 605 g/mol. The molecular weight excluding hydrogens is 581 g/mol. The zero-order chi connectivity index (χ0) is 31.5. The summed E-state index contributed by atoms with van der Waals surface area (Å²) in [4.78, 5) is 3.40. The van der Waals surface area contributed by atoms with Gasteiger partial charge in [0.15, 0.2) is 0 Å². The first-order chi connectivity index (χ1) is 22.7. The molecule has 46 heavy (non-hydrogen) atoms. The molecule has 0 spiro atoms. The molecule has 0 aliphatic rings. The number of nitriles is 3. The van der Waals surface area contributed by atoms with E-state index in [0.717, 1.165) is 22.6 Å². The molecule has 7 aromatic rings. The summed E-state index contributed by atoms with van der Waals surface area (Å²) in [6.07, 6.45) is 0. The fourth-order valence-electron chi connectivity index (χ4n) is 6.11. The van der Waals surface area contributed by atoms with E-state index in [9.17, 15) is 15.8 Å². The van der Waals surface area contributed by atoms with Crippen LogP contribution < -0.4 is 4.90 Å². The Hall–Kier alpha value is -6.45. The van der Waals surface area contributed by atoms with Gasteiger partial charge < -0.3 is 4.90 Å². The van der Waals surface area contributed by atoms with Crippen molar-refractivity contribution in [2.24, 2.45) is 0 Å². The van der Waals surface area contributed by atoms with Crippen molar-refractivity contribution in [3.05, 3.63) is 156 Å². The Morgan fingerprint density at radius 2 is 0.978 bits per heavy atom. The summed E-state index contributed by atoms with van der Waals surface area (Å²) >= 11 is 1.76. The third-order valence-electron chi connectivity index (χ3n) is 8.13. The summed E-state index contributed by atoms with van der Waals surface area (Å²) in [5.41, 5.74) is 6.82. The summed E-state index contributed by atoms with van der Waals surface area (Å²) in [6.45, 7) is 0. The van der Waals surface area contributed by atoms with Gasteiger partial charge in [-0.05, 0) is 86.1 Å². The summed E-state index contributed by atoms with van der Waals surface area (Å²) in [5.74, 6) is 0. The van der Waals surface area contributed by atoms with Gasteiger partial charge in [-0.15, -0.1) is 11.3 Å². The Balaban J connectivity index is 1.36. The predicted molar refractivity (Wildman–Crippen MR) is 189 cm³/mol. The molecule has 0 aliphatic heterocycles. The third kappa shape index (κ3) is 4.96. The quantitative estimate of drug-likeness (QED) is 0.140. The maximum atomic E-state index is 9.64. The maximum Gasteiger partial charge on any atom is 0.148 e. The Morgan fingerprint density at radius 3 is 1.48 bits per heavy atom. The Bertz CT molecular complexity index is 2300. The number of para-hydroxylation sites is 1. The Kier molecular flexibility index (Phi) is 7.56. The topological polar surface area (TPSA) is 74.6 Å². The zero-order valence-electron chi connectivity index (χ0n) is 24.6.